The zero-order valence-electron chi connectivity index (χ0n) is 10.5. The molecule has 3 rings (SSSR count). The van der Waals surface area contributed by atoms with E-state index in [2.05, 4.69) is 20.9 Å². The predicted octanol–water partition coefficient (Wildman–Crippen LogP) is 2.37. The largest absolute Gasteiger partial charge is 0.326 e. The van der Waals surface area contributed by atoms with Crippen molar-refractivity contribution in [2.75, 3.05) is 5.32 Å². The topological polar surface area (TPSA) is 46.9 Å². The summed E-state index contributed by atoms with van der Waals surface area (Å²) in [6, 6.07) is 6.11. The first-order chi connectivity index (χ1) is 8.63. The number of aromatic nitrogens is 2. The molecular formula is C14H15N3O. The van der Waals surface area contributed by atoms with Crippen LogP contribution in [0.3, 0.4) is 0 Å². The SMILES string of the molecule is Cc1cn(-c2ccc3c(c2)CCC(=O)N3)c(C)n1. The van der Waals surface area contributed by atoms with Gasteiger partial charge in [0, 0.05) is 24.0 Å². The third-order valence-corrected chi connectivity index (χ3v) is 3.27. The normalized spacial score (nSPS) is 14.2. The molecule has 2 heterocycles. The van der Waals surface area contributed by atoms with E-state index in [0.29, 0.717) is 6.42 Å². The van der Waals surface area contributed by atoms with Gasteiger partial charge in [0.25, 0.3) is 0 Å². The number of imidazole rings is 1. The number of hydrogen-bond donors (Lipinski definition) is 1. The summed E-state index contributed by atoms with van der Waals surface area (Å²) in [4.78, 5) is 15.7. The van der Waals surface area contributed by atoms with Crippen molar-refractivity contribution < 1.29 is 4.79 Å². The standard InChI is InChI=1S/C14H15N3O/c1-9-8-17(10(2)15-9)12-4-5-13-11(7-12)3-6-14(18)16-13/h4-5,7-8H,3,6H2,1-2H3,(H,16,18). The molecule has 4 nitrogen and oxygen atoms in total. The third kappa shape index (κ3) is 1.79. The molecule has 0 spiro atoms. The number of carbonyl (C=O) groups excluding carboxylic acids is 1. The Morgan fingerprint density at radius 3 is 2.83 bits per heavy atom. The molecule has 1 amide bonds. The molecular weight excluding hydrogens is 226 g/mol. The molecule has 0 fully saturated rings. The highest BCUT2D eigenvalue weighted by Crippen LogP contribution is 2.25. The average molecular weight is 241 g/mol. The Balaban J connectivity index is 2.05. The van der Waals surface area contributed by atoms with Crippen LogP contribution in [0.1, 0.15) is 23.5 Å². The van der Waals surface area contributed by atoms with E-state index < -0.39 is 0 Å². The van der Waals surface area contributed by atoms with Crippen molar-refractivity contribution in [2.45, 2.75) is 26.7 Å². The van der Waals surface area contributed by atoms with Crippen LogP contribution in [0.5, 0.6) is 0 Å². The minimum absolute atomic E-state index is 0.102. The molecule has 2 aromatic rings. The maximum atomic E-state index is 11.3. The van der Waals surface area contributed by atoms with E-state index >= 15 is 0 Å². The van der Waals surface area contributed by atoms with Crippen molar-refractivity contribution in [3.05, 3.63) is 41.5 Å². The van der Waals surface area contributed by atoms with Crippen LogP contribution in [0.4, 0.5) is 5.69 Å². The van der Waals surface area contributed by atoms with E-state index in [1.165, 1.54) is 5.56 Å². The van der Waals surface area contributed by atoms with Crippen molar-refractivity contribution >= 4 is 11.6 Å². The Morgan fingerprint density at radius 1 is 1.28 bits per heavy atom. The molecule has 1 aromatic heterocycles. The smallest absolute Gasteiger partial charge is 0.224 e. The van der Waals surface area contributed by atoms with Gasteiger partial charge in [0.15, 0.2) is 0 Å². The van der Waals surface area contributed by atoms with Crippen LogP contribution < -0.4 is 5.32 Å². The lowest BCUT2D eigenvalue weighted by molar-refractivity contribution is -0.116. The van der Waals surface area contributed by atoms with E-state index in [-0.39, 0.29) is 5.91 Å². The average Bonchev–Trinajstić information content (AvgIpc) is 2.68. The van der Waals surface area contributed by atoms with Crippen LogP contribution in [-0.2, 0) is 11.2 Å². The lowest BCUT2D eigenvalue weighted by atomic mass is 10.0. The number of rotatable bonds is 1. The maximum Gasteiger partial charge on any atom is 0.224 e. The van der Waals surface area contributed by atoms with Gasteiger partial charge >= 0.3 is 0 Å². The molecule has 1 aliphatic rings. The molecule has 0 radical (unpaired) electrons. The molecule has 18 heavy (non-hydrogen) atoms. The summed E-state index contributed by atoms with van der Waals surface area (Å²) in [5, 5.41) is 2.89. The second kappa shape index (κ2) is 3.98. The Bertz CT molecular complexity index is 628. The highest BCUT2D eigenvalue weighted by atomic mass is 16.1. The number of anilines is 1. The van der Waals surface area contributed by atoms with Crippen LogP contribution in [0.15, 0.2) is 24.4 Å². The van der Waals surface area contributed by atoms with E-state index in [4.69, 9.17) is 0 Å². The summed E-state index contributed by atoms with van der Waals surface area (Å²) in [7, 11) is 0. The van der Waals surface area contributed by atoms with Gasteiger partial charge in [-0.3, -0.25) is 4.79 Å². The van der Waals surface area contributed by atoms with Crippen LogP contribution in [0.25, 0.3) is 5.69 Å². The number of benzene rings is 1. The second-order valence-corrected chi connectivity index (χ2v) is 4.69. The predicted molar refractivity (Wildman–Crippen MR) is 70.0 cm³/mol. The van der Waals surface area contributed by atoms with Crippen molar-refractivity contribution in [2.24, 2.45) is 0 Å². The molecule has 0 saturated heterocycles. The first-order valence-corrected chi connectivity index (χ1v) is 6.09. The van der Waals surface area contributed by atoms with Gasteiger partial charge in [-0.25, -0.2) is 4.98 Å². The molecule has 0 saturated carbocycles. The van der Waals surface area contributed by atoms with Crippen LogP contribution in [0.2, 0.25) is 0 Å². The Morgan fingerprint density at radius 2 is 2.11 bits per heavy atom. The Labute approximate surface area is 106 Å². The number of carbonyl (C=O) groups is 1. The van der Waals surface area contributed by atoms with Gasteiger partial charge in [0.05, 0.1) is 5.69 Å². The molecule has 1 N–H and O–H groups in total. The summed E-state index contributed by atoms with van der Waals surface area (Å²) in [6.07, 6.45) is 3.40. The number of hydrogen-bond acceptors (Lipinski definition) is 2. The van der Waals surface area contributed by atoms with E-state index in [9.17, 15) is 4.79 Å². The minimum atomic E-state index is 0.102. The van der Waals surface area contributed by atoms with Crippen LogP contribution in [0, 0.1) is 13.8 Å². The first-order valence-electron chi connectivity index (χ1n) is 6.09. The lowest BCUT2D eigenvalue weighted by Gasteiger charge is -2.18. The van der Waals surface area contributed by atoms with Crippen LogP contribution >= 0.6 is 0 Å². The first kappa shape index (κ1) is 11.0. The monoisotopic (exact) mass is 241 g/mol. The van der Waals surface area contributed by atoms with Crippen molar-refractivity contribution in [1.82, 2.24) is 9.55 Å². The summed E-state index contributed by atoms with van der Waals surface area (Å²) in [5.41, 5.74) is 4.24. The molecule has 0 bridgehead atoms. The highest BCUT2D eigenvalue weighted by Gasteiger charge is 2.15. The summed E-state index contributed by atoms with van der Waals surface area (Å²) in [5.74, 6) is 1.08. The highest BCUT2D eigenvalue weighted by molar-refractivity contribution is 5.94. The Hall–Kier alpha value is -2.10. The fourth-order valence-electron chi connectivity index (χ4n) is 2.40. The van der Waals surface area contributed by atoms with Gasteiger partial charge in [-0.15, -0.1) is 0 Å². The zero-order chi connectivity index (χ0) is 12.7. The summed E-state index contributed by atoms with van der Waals surface area (Å²) >= 11 is 0. The van der Waals surface area contributed by atoms with E-state index in [0.717, 1.165) is 29.3 Å². The Kier molecular flexibility index (Phi) is 2.44. The summed E-state index contributed by atoms with van der Waals surface area (Å²) in [6.45, 7) is 3.98. The molecule has 0 aliphatic carbocycles. The zero-order valence-corrected chi connectivity index (χ0v) is 10.5. The number of fused-ring (bicyclic) bond motifs is 1. The summed E-state index contributed by atoms with van der Waals surface area (Å²) < 4.78 is 2.08. The fourth-order valence-corrected chi connectivity index (χ4v) is 2.40. The molecule has 92 valence electrons. The second-order valence-electron chi connectivity index (χ2n) is 4.69. The van der Waals surface area contributed by atoms with Crippen molar-refractivity contribution in [1.29, 1.82) is 0 Å². The quantitative estimate of drug-likeness (QED) is 0.833. The number of nitrogens with zero attached hydrogens (tertiary/aromatic N) is 2. The number of nitrogens with one attached hydrogen (secondary N) is 1. The van der Waals surface area contributed by atoms with E-state index in [1.807, 2.05) is 32.2 Å². The van der Waals surface area contributed by atoms with Gasteiger partial charge in [-0.2, -0.15) is 0 Å². The molecule has 4 heteroatoms. The number of amides is 1. The van der Waals surface area contributed by atoms with Crippen molar-refractivity contribution in [3.8, 4) is 5.69 Å². The fraction of sp³-hybridized carbons (Fsp3) is 0.286. The van der Waals surface area contributed by atoms with E-state index in [1.54, 1.807) is 0 Å². The molecule has 0 atom stereocenters. The van der Waals surface area contributed by atoms with Gasteiger partial charge in [-0.1, -0.05) is 0 Å². The lowest BCUT2D eigenvalue weighted by Crippen LogP contribution is -2.19. The minimum Gasteiger partial charge on any atom is -0.326 e. The number of aryl methyl sites for hydroxylation is 3. The maximum absolute atomic E-state index is 11.3. The van der Waals surface area contributed by atoms with Gasteiger partial charge in [0.2, 0.25) is 5.91 Å². The van der Waals surface area contributed by atoms with Gasteiger partial charge in [0.1, 0.15) is 5.82 Å². The van der Waals surface area contributed by atoms with Crippen molar-refractivity contribution in [3.63, 3.8) is 0 Å². The third-order valence-electron chi connectivity index (χ3n) is 3.27. The van der Waals surface area contributed by atoms with Gasteiger partial charge < -0.3 is 9.88 Å². The molecule has 1 aliphatic heterocycles. The molecule has 1 aromatic carbocycles. The molecule has 0 unspecified atom stereocenters. The van der Waals surface area contributed by atoms with Crippen LogP contribution in [-0.4, -0.2) is 15.5 Å². The van der Waals surface area contributed by atoms with Gasteiger partial charge in [-0.05, 0) is 44.0 Å².